The quantitative estimate of drug-likeness (QED) is 0.667. The van der Waals surface area contributed by atoms with Crippen molar-refractivity contribution in [3.63, 3.8) is 0 Å². The van der Waals surface area contributed by atoms with E-state index in [1.165, 1.54) is 6.07 Å². The maximum atomic E-state index is 13.0. The molecule has 0 unspecified atom stereocenters. The second-order valence-electron chi connectivity index (χ2n) is 2.91. The van der Waals surface area contributed by atoms with Crippen LogP contribution in [0.2, 0.25) is 5.02 Å². The summed E-state index contributed by atoms with van der Waals surface area (Å²) in [7, 11) is 0. The van der Waals surface area contributed by atoms with Gasteiger partial charge < -0.3 is 4.42 Å². The molecule has 0 atom stereocenters. The summed E-state index contributed by atoms with van der Waals surface area (Å²) in [6.07, 6.45) is 0. The van der Waals surface area contributed by atoms with Gasteiger partial charge in [0.05, 0.1) is 5.02 Å². The molecule has 2 rings (SSSR count). The van der Waals surface area contributed by atoms with E-state index < -0.39 is 5.82 Å². The lowest BCUT2D eigenvalue weighted by atomic mass is 10.1. The van der Waals surface area contributed by atoms with Crippen molar-refractivity contribution >= 4 is 22.6 Å². The van der Waals surface area contributed by atoms with Crippen molar-refractivity contribution in [1.29, 1.82) is 5.26 Å². The van der Waals surface area contributed by atoms with E-state index in [0.29, 0.717) is 22.3 Å². The molecule has 0 aliphatic heterocycles. The maximum Gasteiger partial charge on any atom is 0.154 e. The van der Waals surface area contributed by atoms with Gasteiger partial charge in [-0.05, 0) is 19.1 Å². The van der Waals surface area contributed by atoms with Crippen LogP contribution in [0.4, 0.5) is 4.39 Å². The van der Waals surface area contributed by atoms with E-state index in [-0.39, 0.29) is 5.02 Å². The van der Waals surface area contributed by atoms with Crippen LogP contribution >= 0.6 is 11.6 Å². The van der Waals surface area contributed by atoms with Crippen LogP contribution in [-0.2, 0) is 0 Å². The first-order chi connectivity index (χ1) is 6.63. The van der Waals surface area contributed by atoms with Gasteiger partial charge in [0, 0.05) is 5.39 Å². The lowest BCUT2D eigenvalue weighted by molar-refractivity contribution is 0.575. The van der Waals surface area contributed by atoms with Crippen molar-refractivity contribution in [1.82, 2.24) is 0 Å². The number of nitriles is 1. The minimum absolute atomic E-state index is 0.185. The minimum Gasteiger partial charge on any atom is -0.458 e. The second-order valence-corrected chi connectivity index (χ2v) is 3.32. The Kier molecular flexibility index (Phi) is 1.94. The number of nitrogens with zero attached hydrogens (tertiary/aromatic N) is 1. The average Bonchev–Trinajstić information content (AvgIpc) is 2.41. The number of furan rings is 1. The summed E-state index contributed by atoms with van der Waals surface area (Å²) in [5.41, 5.74) is 0.698. The van der Waals surface area contributed by atoms with Crippen molar-refractivity contribution in [3.05, 3.63) is 34.3 Å². The van der Waals surface area contributed by atoms with Crippen molar-refractivity contribution in [2.75, 3.05) is 0 Å². The van der Waals surface area contributed by atoms with Gasteiger partial charge in [-0.25, -0.2) is 4.39 Å². The number of benzene rings is 1. The summed E-state index contributed by atoms with van der Waals surface area (Å²) in [6.45, 7) is 1.65. The van der Waals surface area contributed by atoms with Gasteiger partial charge in [-0.2, -0.15) is 5.26 Å². The van der Waals surface area contributed by atoms with Gasteiger partial charge in [0.1, 0.15) is 23.2 Å². The Labute approximate surface area is 84.5 Å². The molecule has 0 saturated heterocycles. The Balaban J connectivity index is 2.97. The first-order valence-electron chi connectivity index (χ1n) is 3.91. The molecule has 0 spiro atoms. The molecule has 70 valence electrons. The summed E-state index contributed by atoms with van der Waals surface area (Å²) in [5.74, 6) is -0.0187. The summed E-state index contributed by atoms with van der Waals surface area (Å²) in [6, 6.07) is 4.36. The SMILES string of the molecule is Cc1oc2c(Cl)cc(F)cc2c1C#N. The smallest absolute Gasteiger partial charge is 0.154 e. The number of aryl methyl sites for hydroxylation is 1. The number of rotatable bonds is 0. The molecule has 0 aliphatic rings. The van der Waals surface area contributed by atoms with Crippen molar-refractivity contribution in [3.8, 4) is 6.07 Å². The highest BCUT2D eigenvalue weighted by Crippen LogP contribution is 2.31. The molecule has 2 nitrogen and oxygen atoms in total. The normalized spacial score (nSPS) is 10.4. The zero-order valence-electron chi connectivity index (χ0n) is 7.27. The molecule has 14 heavy (non-hydrogen) atoms. The fourth-order valence-corrected chi connectivity index (χ4v) is 1.63. The van der Waals surface area contributed by atoms with E-state index in [0.717, 1.165) is 6.07 Å². The van der Waals surface area contributed by atoms with Gasteiger partial charge >= 0.3 is 0 Å². The topological polar surface area (TPSA) is 36.9 Å². The molecule has 0 amide bonds. The molecule has 0 fully saturated rings. The van der Waals surface area contributed by atoms with Crippen LogP contribution in [0.15, 0.2) is 16.5 Å². The van der Waals surface area contributed by atoms with Crippen LogP contribution in [0.25, 0.3) is 11.0 Å². The Morgan fingerprint density at radius 3 is 2.86 bits per heavy atom. The molecule has 0 N–H and O–H groups in total. The Hall–Kier alpha value is -1.53. The first-order valence-corrected chi connectivity index (χ1v) is 4.29. The van der Waals surface area contributed by atoms with Crippen LogP contribution in [-0.4, -0.2) is 0 Å². The van der Waals surface area contributed by atoms with Gasteiger partial charge in [0.2, 0.25) is 0 Å². The monoisotopic (exact) mass is 209 g/mol. The number of halogens is 2. The van der Waals surface area contributed by atoms with Crippen LogP contribution in [0.3, 0.4) is 0 Å². The molecule has 2 aromatic rings. The average molecular weight is 210 g/mol. The zero-order chi connectivity index (χ0) is 10.3. The van der Waals surface area contributed by atoms with Crippen LogP contribution in [0.1, 0.15) is 11.3 Å². The van der Waals surface area contributed by atoms with Crippen LogP contribution < -0.4 is 0 Å². The standard InChI is InChI=1S/C10H5ClFNO/c1-5-8(4-13)7-2-6(12)3-9(11)10(7)14-5/h2-3H,1H3. The summed E-state index contributed by atoms with van der Waals surface area (Å²) in [4.78, 5) is 0. The van der Waals surface area contributed by atoms with E-state index >= 15 is 0 Å². The highest BCUT2D eigenvalue weighted by molar-refractivity contribution is 6.35. The Morgan fingerprint density at radius 1 is 1.50 bits per heavy atom. The Bertz CT molecular complexity index is 553. The number of hydrogen-bond acceptors (Lipinski definition) is 2. The van der Waals surface area contributed by atoms with E-state index in [1.54, 1.807) is 6.92 Å². The molecule has 0 radical (unpaired) electrons. The van der Waals surface area contributed by atoms with E-state index in [2.05, 4.69) is 0 Å². The second kappa shape index (κ2) is 3.00. The minimum atomic E-state index is -0.472. The van der Waals surface area contributed by atoms with E-state index in [9.17, 15) is 4.39 Å². The molecule has 1 heterocycles. The van der Waals surface area contributed by atoms with Gasteiger partial charge in [-0.3, -0.25) is 0 Å². The summed E-state index contributed by atoms with van der Waals surface area (Å²) in [5, 5.41) is 9.42. The van der Waals surface area contributed by atoms with Crippen LogP contribution in [0, 0.1) is 24.1 Å². The molecule has 1 aromatic heterocycles. The van der Waals surface area contributed by atoms with Gasteiger partial charge in [0.15, 0.2) is 5.58 Å². The number of fused-ring (bicyclic) bond motifs is 1. The zero-order valence-corrected chi connectivity index (χ0v) is 8.02. The molecule has 0 aliphatic carbocycles. The molecular weight excluding hydrogens is 205 g/mol. The highest BCUT2D eigenvalue weighted by atomic mass is 35.5. The fraction of sp³-hybridized carbons (Fsp3) is 0.100. The Morgan fingerprint density at radius 2 is 2.21 bits per heavy atom. The number of hydrogen-bond donors (Lipinski definition) is 0. The summed E-state index contributed by atoms with van der Waals surface area (Å²) >= 11 is 5.76. The summed E-state index contributed by atoms with van der Waals surface area (Å²) < 4.78 is 18.2. The van der Waals surface area contributed by atoms with Crippen molar-refractivity contribution < 1.29 is 8.81 Å². The largest absolute Gasteiger partial charge is 0.458 e. The lowest BCUT2D eigenvalue weighted by Crippen LogP contribution is -1.77. The molecule has 0 saturated carbocycles. The van der Waals surface area contributed by atoms with Gasteiger partial charge in [0.25, 0.3) is 0 Å². The third-order valence-electron chi connectivity index (χ3n) is 2.00. The third-order valence-corrected chi connectivity index (χ3v) is 2.28. The first kappa shape index (κ1) is 9.04. The molecule has 0 bridgehead atoms. The van der Waals surface area contributed by atoms with Crippen LogP contribution in [0.5, 0.6) is 0 Å². The van der Waals surface area contributed by atoms with Gasteiger partial charge in [-0.1, -0.05) is 11.6 Å². The predicted molar refractivity (Wildman–Crippen MR) is 50.6 cm³/mol. The predicted octanol–water partition coefficient (Wildman–Crippen LogP) is 3.41. The maximum absolute atomic E-state index is 13.0. The van der Waals surface area contributed by atoms with Gasteiger partial charge in [-0.15, -0.1) is 0 Å². The molecule has 4 heteroatoms. The van der Waals surface area contributed by atoms with Crippen molar-refractivity contribution in [2.45, 2.75) is 6.92 Å². The fourth-order valence-electron chi connectivity index (χ4n) is 1.38. The molecular formula is C10H5ClFNO. The van der Waals surface area contributed by atoms with E-state index in [1.807, 2.05) is 6.07 Å². The third kappa shape index (κ3) is 1.16. The van der Waals surface area contributed by atoms with E-state index in [4.69, 9.17) is 21.3 Å². The molecule has 1 aromatic carbocycles. The highest BCUT2D eigenvalue weighted by Gasteiger charge is 2.14. The lowest BCUT2D eigenvalue weighted by Gasteiger charge is -1.92. The van der Waals surface area contributed by atoms with Crippen molar-refractivity contribution in [2.24, 2.45) is 0 Å².